The molecule has 9 heteroatoms. The maximum absolute atomic E-state index is 10.6. The van der Waals surface area contributed by atoms with Crippen LogP contribution < -0.4 is 5.73 Å². The van der Waals surface area contributed by atoms with Crippen molar-refractivity contribution in [3.8, 4) is 5.82 Å². The lowest BCUT2D eigenvalue weighted by Crippen LogP contribution is -2.05. The van der Waals surface area contributed by atoms with Gasteiger partial charge in [0.25, 0.3) is 0 Å². The van der Waals surface area contributed by atoms with E-state index in [1.54, 1.807) is 0 Å². The van der Waals surface area contributed by atoms with Crippen LogP contribution in [0.25, 0.3) is 5.82 Å². The summed E-state index contributed by atoms with van der Waals surface area (Å²) in [5, 5.41) is 23.0. The van der Waals surface area contributed by atoms with Crippen molar-refractivity contribution < 1.29 is 14.8 Å². The second-order valence-corrected chi connectivity index (χ2v) is 3.28. The molecule has 2 aromatic rings. The maximum Gasteiger partial charge on any atom is 0.356 e. The van der Waals surface area contributed by atoms with Gasteiger partial charge in [0.2, 0.25) is 5.82 Å². The number of nitrogens with two attached hydrogens (primary N) is 1. The largest absolute Gasteiger partial charge is 0.476 e. The van der Waals surface area contributed by atoms with Crippen molar-refractivity contribution in [3.05, 3.63) is 40.2 Å². The van der Waals surface area contributed by atoms with Crippen LogP contribution in [0.15, 0.2) is 24.4 Å². The lowest BCUT2D eigenvalue weighted by molar-refractivity contribution is -0.384. The van der Waals surface area contributed by atoms with Gasteiger partial charge in [0.15, 0.2) is 11.5 Å². The van der Waals surface area contributed by atoms with Crippen LogP contribution in [0, 0.1) is 10.1 Å². The Morgan fingerprint density at radius 3 is 2.67 bits per heavy atom. The number of aromatic nitrogens is 3. The van der Waals surface area contributed by atoms with Crippen molar-refractivity contribution >= 4 is 17.5 Å². The third-order valence-electron chi connectivity index (χ3n) is 2.13. The molecule has 0 atom stereocenters. The fourth-order valence-electron chi connectivity index (χ4n) is 1.30. The first kappa shape index (κ1) is 11.5. The lowest BCUT2D eigenvalue weighted by atomic mass is 10.4. The highest BCUT2D eigenvalue weighted by Crippen LogP contribution is 2.20. The number of anilines is 1. The first-order valence-corrected chi connectivity index (χ1v) is 4.69. The molecule has 2 aromatic heterocycles. The van der Waals surface area contributed by atoms with Gasteiger partial charge < -0.3 is 10.8 Å². The van der Waals surface area contributed by atoms with Gasteiger partial charge >= 0.3 is 11.7 Å². The standard InChI is InChI=1S/C9H7N5O4/c10-8-6(14(17)18)1-2-7(11-8)13-4-3-5(12-13)9(15)16/h1-4H,(H2,10,11)(H,15,16). The van der Waals surface area contributed by atoms with Crippen LogP contribution in [0.1, 0.15) is 10.5 Å². The van der Waals surface area contributed by atoms with Gasteiger partial charge in [0, 0.05) is 12.3 Å². The van der Waals surface area contributed by atoms with Gasteiger partial charge in [-0.1, -0.05) is 0 Å². The molecule has 0 aliphatic rings. The van der Waals surface area contributed by atoms with Crippen molar-refractivity contribution in [3.63, 3.8) is 0 Å². The van der Waals surface area contributed by atoms with Crippen LogP contribution in [-0.4, -0.2) is 30.8 Å². The molecule has 0 spiro atoms. The molecule has 0 aromatic carbocycles. The Bertz CT molecular complexity index is 636. The van der Waals surface area contributed by atoms with E-state index in [0.717, 1.165) is 0 Å². The molecule has 0 fully saturated rings. The molecule has 92 valence electrons. The number of carboxylic acid groups (broad SMARTS) is 1. The van der Waals surface area contributed by atoms with Gasteiger partial charge in [-0.05, 0) is 12.1 Å². The Morgan fingerprint density at radius 2 is 2.17 bits per heavy atom. The first-order chi connectivity index (χ1) is 8.49. The summed E-state index contributed by atoms with van der Waals surface area (Å²) >= 11 is 0. The average Bonchev–Trinajstić information content (AvgIpc) is 2.77. The summed E-state index contributed by atoms with van der Waals surface area (Å²) in [5.74, 6) is -1.24. The monoisotopic (exact) mass is 249 g/mol. The van der Waals surface area contributed by atoms with E-state index in [1.807, 2.05) is 0 Å². The minimum absolute atomic E-state index is 0.159. The Labute approximate surface area is 99.6 Å². The number of nitro groups is 1. The van der Waals surface area contributed by atoms with E-state index in [2.05, 4.69) is 10.1 Å². The molecule has 3 N–H and O–H groups in total. The molecular formula is C9H7N5O4. The smallest absolute Gasteiger partial charge is 0.356 e. The van der Waals surface area contributed by atoms with Crippen molar-refractivity contribution in [2.24, 2.45) is 0 Å². The summed E-state index contributed by atoms with van der Waals surface area (Å²) in [6, 6.07) is 3.79. The van der Waals surface area contributed by atoms with Crippen LogP contribution in [-0.2, 0) is 0 Å². The van der Waals surface area contributed by atoms with Crippen LogP contribution in [0.2, 0.25) is 0 Å². The minimum atomic E-state index is -1.18. The molecule has 0 saturated carbocycles. The van der Waals surface area contributed by atoms with E-state index in [0.29, 0.717) is 0 Å². The predicted octanol–water partition coefficient (Wildman–Crippen LogP) is 0.456. The minimum Gasteiger partial charge on any atom is -0.476 e. The highest BCUT2D eigenvalue weighted by Gasteiger charge is 2.14. The highest BCUT2D eigenvalue weighted by atomic mass is 16.6. The summed E-state index contributed by atoms with van der Waals surface area (Å²) in [7, 11) is 0. The molecule has 0 saturated heterocycles. The summed E-state index contributed by atoms with van der Waals surface area (Å²) in [6.07, 6.45) is 1.37. The summed E-state index contributed by atoms with van der Waals surface area (Å²) in [4.78, 5) is 24.3. The fraction of sp³-hybridized carbons (Fsp3) is 0. The van der Waals surface area contributed by atoms with Crippen molar-refractivity contribution in [2.75, 3.05) is 5.73 Å². The second-order valence-electron chi connectivity index (χ2n) is 3.28. The van der Waals surface area contributed by atoms with Crippen molar-refractivity contribution in [1.82, 2.24) is 14.8 Å². The number of hydrogen-bond acceptors (Lipinski definition) is 6. The summed E-state index contributed by atoms with van der Waals surface area (Å²) < 4.78 is 1.17. The van der Waals surface area contributed by atoms with Crippen LogP contribution in [0.3, 0.4) is 0 Å². The summed E-state index contributed by atoms with van der Waals surface area (Å²) in [6.45, 7) is 0. The lowest BCUT2D eigenvalue weighted by Gasteiger charge is -2.01. The number of pyridine rings is 1. The number of carboxylic acids is 1. The third kappa shape index (κ3) is 1.96. The fourth-order valence-corrected chi connectivity index (χ4v) is 1.30. The number of rotatable bonds is 3. The zero-order valence-corrected chi connectivity index (χ0v) is 8.85. The van der Waals surface area contributed by atoms with Gasteiger partial charge in [0.05, 0.1) is 4.92 Å². The van der Waals surface area contributed by atoms with Gasteiger partial charge in [-0.25, -0.2) is 14.5 Å². The van der Waals surface area contributed by atoms with E-state index in [4.69, 9.17) is 10.8 Å². The molecule has 0 aliphatic carbocycles. The van der Waals surface area contributed by atoms with E-state index in [-0.39, 0.29) is 23.0 Å². The number of hydrogen-bond donors (Lipinski definition) is 2. The quantitative estimate of drug-likeness (QED) is 0.595. The molecule has 0 unspecified atom stereocenters. The van der Waals surface area contributed by atoms with Crippen molar-refractivity contribution in [2.45, 2.75) is 0 Å². The van der Waals surface area contributed by atoms with Gasteiger partial charge in [0.1, 0.15) is 0 Å². The molecular weight excluding hydrogens is 242 g/mol. The van der Waals surface area contributed by atoms with E-state index in [9.17, 15) is 14.9 Å². The molecule has 0 aliphatic heterocycles. The zero-order valence-electron chi connectivity index (χ0n) is 8.85. The molecule has 0 radical (unpaired) electrons. The molecule has 2 rings (SSSR count). The normalized spacial score (nSPS) is 10.2. The van der Waals surface area contributed by atoms with E-state index < -0.39 is 10.9 Å². The van der Waals surface area contributed by atoms with E-state index >= 15 is 0 Å². The molecule has 2 heterocycles. The Morgan fingerprint density at radius 1 is 1.44 bits per heavy atom. The van der Waals surface area contributed by atoms with Gasteiger partial charge in [-0.3, -0.25) is 10.1 Å². The SMILES string of the molecule is Nc1nc(-n2ccc(C(=O)O)n2)ccc1[N+](=O)[O-]. The predicted molar refractivity (Wildman–Crippen MR) is 59.4 cm³/mol. The number of nitrogens with zero attached hydrogens (tertiary/aromatic N) is 4. The molecule has 9 nitrogen and oxygen atoms in total. The van der Waals surface area contributed by atoms with Crippen molar-refractivity contribution in [1.29, 1.82) is 0 Å². The second kappa shape index (κ2) is 4.13. The number of carbonyl (C=O) groups is 1. The number of aromatic carboxylic acids is 1. The zero-order chi connectivity index (χ0) is 13.3. The summed E-state index contributed by atoms with van der Waals surface area (Å²) in [5.41, 5.74) is 4.94. The average molecular weight is 249 g/mol. The number of nitrogen functional groups attached to an aromatic ring is 1. The van der Waals surface area contributed by atoms with Crippen LogP contribution >= 0.6 is 0 Å². The third-order valence-corrected chi connectivity index (χ3v) is 2.13. The maximum atomic E-state index is 10.6. The van der Waals surface area contributed by atoms with E-state index in [1.165, 1.54) is 29.1 Å². The molecule has 0 bridgehead atoms. The Hall–Kier alpha value is -2.97. The molecule has 0 amide bonds. The molecule has 18 heavy (non-hydrogen) atoms. The van der Waals surface area contributed by atoms with Crippen LogP contribution in [0.5, 0.6) is 0 Å². The van der Waals surface area contributed by atoms with Gasteiger partial charge in [-0.15, -0.1) is 0 Å². The first-order valence-electron chi connectivity index (χ1n) is 4.69. The Kier molecular flexibility index (Phi) is 2.64. The topological polar surface area (TPSA) is 137 Å². The van der Waals surface area contributed by atoms with Gasteiger partial charge in [-0.2, -0.15) is 5.10 Å². The Balaban J connectivity index is 2.42. The van der Waals surface area contributed by atoms with Crippen LogP contribution in [0.4, 0.5) is 11.5 Å². The highest BCUT2D eigenvalue weighted by molar-refractivity contribution is 5.85.